The maximum absolute atomic E-state index is 13.0. The number of sulfonamides is 1. The van der Waals surface area contributed by atoms with Gasteiger partial charge in [-0.3, -0.25) is 4.79 Å². The van der Waals surface area contributed by atoms with Gasteiger partial charge in [-0.15, -0.1) is 0 Å². The first-order valence-corrected chi connectivity index (χ1v) is 11.0. The first kappa shape index (κ1) is 21.7. The van der Waals surface area contributed by atoms with Gasteiger partial charge in [-0.05, 0) is 31.5 Å². The molecule has 0 saturated carbocycles. The van der Waals surface area contributed by atoms with Gasteiger partial charge in [-0.1, -0.05) is 6.07 Å². The fourth-order valence-corrected chi connectivity index (χ4v) is 4.91. The van der Waals surface area contributed by atoms with Crippen molar-refractivity contribution in [1.82, 2.24) is 9.21 Å². The molecule has 160 valence electrons. The number of amides is 1. The van der Waals surface area contributed by atoms with Crippen LogP contribution >= 0.6 is 0 Å². The fraction of sp³-hybridized carbons (Fsp3) is 0.579. The van der Waals surface area contributed by atoms with Crippen LogP contribution in [0.4, 0.5) is 0 Å². The molecule has 9 nitrogen and oxygen atoms in total. The van der Waals surface area contributed by atoms with E-state index in [0.717, 1.165) is 0 Å². The van der Waals surface area contributed by atoms with E-state index in [1.54, 1.807) is 17.9 Å². The molecule has 1 amide bonds. The Kier molecular flexibility index (Phi) is 6.89. The van der Waals surface area contributed by atoms with Gasteiger partial charge in [-0.25, -0.2) is 13.2 Å². The quantitative estimate of drug-likeness (QED) is 0.629. The average molecular weight is 426 g/mol. The summed E-state index contributed by atoms with van der Waals surface area (Å²) in [5.74, 6) is -1.03. The molecule has 0 spiro atoms. The van der Waals surface area contributed by atoms with Crippen molar-refractivity contribution < 1.29 is 32.2 Å². The van der Waals surface area contributed by atoms with Gasteiger partial charge >= 0.3 is 5.97 Å². The largest absolute Gasteiger partial charge is 0.449 e. The summed E-state index contributed by atoms with van der Waals surface area (Å²) < 4.78 is 43.0. The van der Waals surface area contributed by atoms with Crippen molar-refractivity contribution in [2.75, 3.05) is 52.6 Å². The van der Waals surface area contributed by atoms with Gasteiger partial charge in [0.2, 0.25) is 10.0 Å². The molecule has 3 rings (SSSR count). The van der Waals surface area contributed by atoms with Gasteiger partial charge in [0, 0.05) is 26.2 Å². The van der Waals surface area contributed by atoms with Crippen molar-refractivity contribution in [3.05, 3.63) is 29.3 Å². The predicted octanol–water partition coefficient (Wildman–Crippen LogP) is 0.420. The molecule has 2 heterocycles. The highest BCUT2D eigenvalue weighted by molar-refractivity contribution is 7.89. The van der Waals surface area contributed by atoms with Crippen LogP contribution in [0.15, 0.2) is 23.1 Å². The Morgan fingerprint density at radius 1 is 1.03 bits per heavy atom. The summed E-state index contributed by atoms with van der Waals surface area (Å²) >= 11 is 0. The van der Waals surface area contributed by atoms with E-state index in [1.165, 1.54) is 23.4 Å². The van der Waals surface area contributed by atoms with Gasteiger partial charge in [0.15, 0.2) is 6.10 Å². The summed E-state index contributed by atoms with van der Waals surface area (Å²) in [4.78, 5) is 26.6. The second kappa shape index (κ2) is 9.21. The van der Waals surface area contributed by atoms with Gasteiger partial charge < -0.3 is 19.1 Å². The fourth-order valence-electron chi connectivity index (χ4n) is 3.25. The number of ether oxygens (including phenoxy) is 3. The second-order valence-electron chi connectivity index (χ2n) is 6.98. The van der Waals surface area contributed by atoms with Crippen molar-refractivity contribution in [1.29, 1.82) is 0 Å². The van der Waals surface area contributed by atoms with Crippen LogP contribution in [0.2, 0.25) is 0 Å². The van der Waals surface area contributed by atoms with Crippen LogP contribution in [-0.2, 0) is 29.0 Å². The van der Waals surface area contributed by atoms with E-state index < -0.39 is 22.1 Å². The van der Waals surface area contributed by atoms with Gasteiger partial charge in [0.25, 0.3) is 5.91 Å². The second-order valence-corrected chi connectivity index (χ2v) is 8.89. The molecule has 2 aliphatic heterocycles. The SMILES string of the molecule is Cc1ccc(C(=O)OC(C)C(=O)N2CCOCC2)cc1S(=O)(=O)N1CCOCC1. The molecule has 29 heavy (non-hydrogen) atoms. The van der Waals surface area contributed by atoms with Gasteiger partial charge in [0.1, 0.15) is 0 Å². The van der Waals surface area contributed by atoms with Crippen LogP contribution in [0.3, 0.4) is 0 Å². The first-order chi connectivity index (χ1) is 13.8. The molecule has 1 aromatic carbocycles. The van der Waals surface area contributed by atoms with Crippen molar-refractivity contribution in [3.8, 4) is 0 Å². The molecular weight excluding hydrogens is 400 g/mol. The highest BCUT2D eigenvalue weighted by atomic mass is 32.2. The summed E-state index contributed by atoms with van der Waals surface area (Å²) in [6.45, 7) is 6.19. The maximum atomic E-state index is 13.0. The number of rotatable bonds is 5. The minimum atomic E-state index is -3.75. The molecule has 0 N–H and O–H groups in total. The molecule has 0 aliphatic carbocycles. The third-order valence-corrected chi connectivity index (χ3v) is 7.01. The molecule has 1 aromatic rings. The van der Waals surface area contributed by atoms with Crippen molar-refractivity contribution >= 4 is 21.9 Å². The lowest BCUT2D eigenvalue weighted by atomic mass is 10.1. The molecule has 0 radical (unpaired) electrons. The zero-order valence-corrected chi connectivity index (χ0v) is 17.4. The molecule has 1 unspecified atom stereocenters. The zero-order valence-electron chi connectivity index (χ0n) is 16.6. The van der Waals surface area contributed by atoms with Crippen LogP contribution in [-0.4, -0.2) is 88.2 Å². The highest BCUT2D eigenvalue weighted by Crippen LogP contribution is 2.23. The zero-order chi connectivity index (χ0) is 21.0. The van der Waals surface area contributed by atoms with E-state index in [0.29, 0.717) is 45.1 Å². The molecule has 2 saturated heterocycles. The Bertz CT molecular complexity index is 859. The number of aryl methyl sites for hydroxylation is 1. The predicted molar refractivity (Wildman–Crippen MR) is 103 cm³/mol. The number of hydrogen-bond acceptors (Lipinski definition) is 7. The van der Waals surface area contributed by atoms with Gasteiger partial charge in [0.05, 0.1) is 36.9 Å². The summed E-state index contributed by atoms with van der Waals surface area (Å²) in [5, 5.41) is 0. The number of esters is 1. The van der Waals surface area contributed by atoms with E-state index >= 15 is 0 Å². The number of morpholine rings is 2. The summed E-state index contributed by atoms with van der Waals surface area (Å²) in [7, 11) is -3.75. The Labute approximate surface area is 170 Å². The number of benzene rings is 1. The lowest BCUT2D eigenvalue weighted by Gasteiger charge is -2.29. The first-order valence-electron chi connectivity index (χ1n) is 9.57. The smallest absolute Gasteiger partial charge is 0.338 e. The third kappa shape index (κ3) is 4.95. The topological polar surface area (TPSA) is 102 Å². The van der Waals surface area contributed by atoms with E-state index in [1.807, 2.05) is 0 Å². The van der Waals surface area contributed by atoms with Gasteiger partial charge in [-0.2, -0.15) is 4.31 Å². The number of hydrogen-bond donors (Lipinski definition) is 0. The lowest BCUT2D eigenvalue weighted by molar-refractivity contribution is -0.143. The van der Waals surface area contributed by atoms with Crippen LogP contribution in [0.25, 0.3) is 0 Å². The molecule has 0 bridgehead atoms. The molecule has 1 atom stereocenters. The lowest BCUT2D eigenvalue weighted by Crippen LogP contribution is -2.46. The highest BCUT2D eigenvalue weighted by Gasteiger charge is 2.30. The van der Waals surface area contributed by atoms with Crippen LogP contribution in [0.5, 0.6) is 0 Å². The molecule has 2 aliphatic rings. The molecule has 10 heteroatoms. The molecule has 2 fully saturated rings. The van der Waals surface area contributed by atoms with Crippen LogP contribution < -0.4 is 0 Å². The molecule has 0 aromatic heterocycles. The number of carbonyl (C=O) groups excluding carboxylic acids is 2. The minimum absolute atomic E-state index is 0.0565. The van der Waals surface area contributed by atoms with E-state index in [9.17, 15) is 18.0 Å². The Morgan fingerprint density at radius 3 is 2.24 bits per heavy atom. The minimum Gasteiger partial charge on any atom is -0.449 e. The Balaban J connectivity index is 1.74. The van der Waals surface area contributed by atoms with Crippen molar-refractivity contribution in [2.45, 2.75) is 24.8 Å². The Hall–Kier alpha value is -2.01. The number of nitrogens with zero attached hydrogens (tertiary/aromatic N) is 2. The standard InChI is InChI=1S/C19H26N2O7S/c1-14-3-4-16(13-17(14)29(24,25)21-7-11-27-12-8-21)19(23)28-15(2)18(22)20-5-9-26-10-6-20/h3-4,13,15H,5-12H2,1-2H3. The van der Waals surface area contributed by atoms with E-state index in [-0.39, 0.29) is 29.5 Å². The number of carbonyl (C=O) groups is 2. The van der Waals surface area contributed by atoms with Crippen molar-refractivity contribution in [2.24, 2.45) is 0 Å². The monoisotopic (exact) mass is 426 g/mol. The Morgan fingerprint density at radius 2 is 1.62 bits per heavy atom. The van der Waals surface area contributed by atoms with Crippen LogP contribution in [0, 0.1) is 6.92 Å². The average Bonchev–Trinajstić information content (AvgIpc) is 2.74. The normalized spacial score (nSPS) is 19.6. The summed E-state index contributed by atoms with van der Waals surface area (Å²) in [5.41, 5.74) is 0.620. The maximum Gasteiger partial charge on any atom is 0.338 e. The summed E-state index contributed by atoms with van der Waals surface area (Å²) in [6.07, 6.45) is -0.971. The van der Waals surface area contributed by atoms with Crippen LogP contribution in [0.1, 0.15) is 22.8 Å². The third-order valence-electron chi connectivity index (χ3n) is 4.97. The van der Waals surface area contributed by atoms with E-state index in [2.05, 4.69) is 0 Å². The molecular formula is C19H26N2O7S. The van der Waals surface area contributed by atoms with Crippen molar-refractivity contribution in [3.63, 3.8) is 0 Å². The van der Waals surface area contributed by atoms with E-state index in [4.69, 9.17) is 14.2 Å². The summed E-state index contributed by atoms with van der Waals surface area (Å²) in [6, 6.07) is 4.38.